The predicted molar refractivity (Wildman–Crippen MR) is 55.2 cm³/mol. The highest BCUT2D eigenvalue weighted by Gasteiger charge is 2.12. The van der Waals surface area contributed by atoms with E-state index in [4.69, 9.17) is 11.0 Å². The van der Waals surface area contributed by atoms with Crippen molar-refractivity contribution in [2.45, 2.75) is 13.3 Å². The number of Topliss-reactive ketones (excluding diaryl/α,β-unsaturated/α-hetero) is 2. The fourth-order valence-electron chi connectivity index (χ4n) is 1.19. The molecule has 0 amide bonds. The maximum absolute atomic E-state index is 11.5. The van der Waals surface area contributed by atoms with E-state index < -0.39 is 0 Å². The Bertz CT molecular complexity index is 458. The van der Waals surface area contributed by atoms with Gasteiger partial charge in [-0.15, -0.1) is 0 Å². The Hall–Kier alpha value is -2.15. The Morgan fingerprint density at radius 2 is 2.13 bits per heavy atom. The zero-order chi connectivity index (χ0) is 11.4. The number of ketones is 2. The van der Waals surface area contributed by atoms with E-state index in [-0.39, 0.29) is 23.6 Å². The Morgan fingerprint density at radius 1 is 1.47 bits per heavy atom. The van der Waals surface area contributed by atoms with Crippen molar-refractivity contribution in [3.8, 4) is 6.07 Å². The lowest BCUT2D eigenvalue weighted by Crippen LogP contribution is -2.08. The molecule has 0 spiro atoms. The van der Waals surface area contributed by atoms with Gasteiger partial charge in [0.15, 0.2) is 5.78 Å². The summed E-state index contributed by atoms with van der Waals surface area (Å²) in [4.78, 5) is 22.3. The van der Waals surface area contributed by atoms with Crippen LogP contribution in [0.1, 0.15) is 29.3 Å². The van der Waals surface area contributed by atoms with Gasteiger partial charge in [-0.05, 0) is 25.1 Å². The number of nitrogen functional groups attached to an aromatic ring is 1. The minimum absolute atomic E-state index is 0.181. The first-order chi connectivity index (χ1) is 7.04. The molecule has 1 rings (SSSR count). The summed E-state index contributed by atoms with van der Waals surface area (Å²) in [7, 11) is 0. The third kappa shape index (κ3) is 2.64. The Balaban J connectivity index is 3.08. The number of carbonyl (C=O) groups excluding carboxylic acids is 2. The number of nitriles is 1. The monoisotopic (exact) mass is 202 g/mol. The average Bonchev–Trinajstić information content (AvgIpc) is 2.17. The summed E-state index contributed by atoms with van der Waals surface area (Å²) in [5.74, 6) is -0.570. The first-order valence-electron chi connectivity index (χ1n) is 4.37. The van der Waals surface area contributed by atoms with Crippen LogP contribution in [0.15, 0.2) is 18.2 Å². The van der Waals surface area contributed by atoms with E-state index in [1.54, 1.807) is 0 Å². The second-order valence-electron chi connectivity index (χ2n) is 3.22. The van der Waals surface area contributed by atoms with E-state index >= 15 is 0 Å². The van der Waals surface area contributed by atoms with Crippen LogP contribution < -0.4 is 5.73 Å². The molecule has 0 atom stereocenters. The lowest BCUT2D eigenvalue weighted by atomic mass is 10.0. The molecule has 4 heteroatoms. The van der Waals surface area contributed by atoms with Crippen LogP contribution in [0.3, 0.4) is 0 Å². The summed E-state index contributed by atoms with van der Waals surface area (Å²) in [5, 5.41) is 8.65. The van der Waals surface area contributed by atoms with Gasteiger partial charge in [0.1, 0.15) is 5.78 Å². The largest absolute Gasteiger partial charge is 0.398 e. The maximum Gasteiger partial charge on any atom is 0.172 e. The maximum atomic E-state index is 11.5. The van der Waals surface area contributed by atoms with Crippen LogP contribution in [0.2, 0.25) is 0 Å². The van der Waals surface area contributed by atoms with Gasteiger partial charge in [0, 0.05) is 11.3 Å². The summed E-state index contributed by atoms with van der Waals surface area (Å²) in [5.41, 5.74) is 6.47. The number of rotatable bonds is 3. The average molecular weight is 202 g/mol. The van der Waals surface area contributed by atoms with Crippen molar-refractivity contribution in [1.29, 1.82) is 5.26 Å². The zero-order valence-corrected chi connectivity index (χ0v) is 8.28. The molecule has 76 valence electrons. The van der Waals surface area contributed by atoms with Crippen LogP contribution >= 0.6 is 0 Å². The molecule has 0 fully saturated rings. The van der Waals surface area contributed by atoms with Crippen molar-refractivity contribution in [1.82, 2.24) is 0 Å². The highest BCUT2D eigenvalue weighted by molar-refractivity contribution is 6.10. The summed E-state index contributed by atoms with van der Waals surface area (Å²) in [6, 6.07) is 6.33. The fourth-order valence-corrected chi connectivity index (χ4v) is 1.19. The summed E-state index contributed by atoms with van der Waals surface area (Å²) < 4.78 is 0. The van der Waals surface area contributed by atoms with E-state index in [2.05, 4.69) is 0 Å². The molecule has 0 saturated heterocycles. The number of hydrogen-bond acceptors (Lipinski definition) is 4. The predicted octanol–water partition coefficient (Wildman–Crippen LogP) is 1.30. The minimum Gasteiger partial charge on any atom is -0.398 e. The van der Waals surface area contributed by atoms with Crippen molar-refractivity contribution in [2.24, 2.45) is 0 Å². The summed E-state index contributed by atoms with van der Waals surface area (Å²) in [6.45, 7) is 1.34. The Labute approximate surface area is 87.3 Å². The Morgan fingerprint density at radius 3 is 2.67 bits per heavy atom. The van der Waals surface area contributed by atoms with Gasteiger partial charge in [0.05, 0.1) is 18.1 Å². The lowest BCUT2D eigenvalue weighted by molar-refractivity contribution is -0.116. The SMILES string of the molecule is CC(=O)CC(=O)c1cc(C#N)ccc1N. The number of anilines is 1. The minimum atomic E-state index is -0.350. The molecule has 0 aromatic heterocycles. The van der Waals surface area contributed by atoms with Gasteiger partial charge in [0.2, 0.25) is 0 Å². The van der Waals surface area contributed by atoms with E-state index in [0.717, 1.165) is 0 Å². The molecule has 0 saturated carbocycles. The Kier molecular flexibility index (Phi) is 3.19. The molecule has 0 radical (unpaired) electrons. The van der Waals surface area contributed by atoms with Gasteiger partial charge in [-0.3, -0.25) is 9.59 Å². The first kappa shape index (κ1) is 10.9. The van der Waals surface area contributed by atoms with Crippen molar-refractivity contribution in [2.75, 3.05) is 5.73 Å². The topological polar surface area (TPSA) is 84.0 Å². The van der Waals surface area contributed by atoms with Gasteiger partial charge in [-0.1, -0.05) is 0 Å². The summed E-state index contributed by atoms with van der Waals surface area (Å²) in [6.07, 6.45) is -0.181. The van der Waals surface area contributed by atoms with Gasteiger partial charge >= 0.3 is 0 Å². The highest BCUT2D eigenvalue weighted by atomic mass is 16.1. The second-order valence-corrected chi connectivity index (χ2v) is 3.22. The lowest BCUT2D eigenvalue weighted by Gasteiger charge is -2.03. The van der Waals surface area contributed by atoms with Crippen molar-refractivity contribution < 1.29 is 9.59 Å². The first-order valence-corrected chi connectivity index (χ1v) is 4.37. The van der Waals surface area contributed by atoms with Crippen LogP contribution in [-0.4, -0.2) is 11.6 Å². The highest BCUT2D eigenvalue weighted by Crippen LogP contribution is 2.15. The number of carbonyl (C=O) groups is 2. The molecule has 0 aliphatic rings. The second kappa shape index (κ2) is 4.38. The van der Waals surface area contributed by atoms with Gasteiger partial charge in [-0.2, -0.15) is 5.26 Å². The number of hydrogen-bond donors (Lipinski definition) is 1. The van der Waals surface area contributed by atoms with Crippen LogP contribution in [0.4, 0.5) is 5.69 Å². The summed E-state index contributed by atoms with van der Waals surface area (Å²) >= 11 is 0. The molecule has 0 heterocycles. The van der Waals surface area contributed by atoms with E-state index in [1.165, 1.54) is 25.1 Å². The molecule has 0 unspecified atom stereocenters. The van der Waals surface area contributed by atoms with Crippen molar-refractivity contribution >= 4 is 17.3 Å². The molecule has 2 N–H and O–H groups in total. The number of nitrogens with zero attached hydrogens (tertiary/aromatic N) is 1. The molecular weight excluding hydrogens is 192 g/mol. The molecule has 0 aliphatic carbocycles. The quantitative estimate of drug-likeness (QED) is 0.455. The smallest absolute Gasteiger partial charge is 0.172 e. The molecule has 15 heavy (non-hydrogen) atoms. The van der Waals surface area contributed by atoms with Crippen LogP contribution in [0.5, 0.6) is 0 Å². The molecule has 4 nitrogen and oxygen atoms in total. The van der Waals surface area contributed by atoms with Crippen LogP contribution in [0, 0.1) is 11.3 Å². The molecular formula is C11H10N2O2. The van der Waals surface area contributed by atoms with Crippen LogP contribution in [-0.2, 0) is 4.79 Å². The zero-order valence-electron chi connectivity index (χ0n) is 8.28. The van der Waals surface area contributed by atoms with Crippen molar-refractivity contribution in [3.05, 3.63) is 29.3 Å². The number of benzene rings is 1. The third-order valence-corrected chi connectivity index (χ3v) is 1.89. The standard InChI is InChI=1S/C11H10N2O2/c1-7(14)4-11(15)9-5-8(6-12)2-3-10(9)13/h2-3,5H,4,13H2,1H3. The van der Waals surface area contributed by atoms with E-state index in [9.17, 15) is 9.59 Å². The molecule has 0 aliphatic heterocycles. The normalized spacial score (nSPS) is 9.33. The van der Waals surface area contributed by atoms with Gasteiger partial charge < -0.3 is 5.73 Å². The van der Waals surface area contributed by atoms with Gasteiger partial charge in [0.25, 0.3) is 0 Å². The van der Waals surface area contributed by atoms with E-state index in [1.807, 2.05) is 6.07 Å². The third-order valence-electron chi connectivity index (χ3n) is 1.89. The number of nitrogens with two attached hydrogens (primary N) is 1. The molecule has 0 bridgehead atoms. The van der Waals surface area contributed by atoms with Gasteiger partial charge in [-0.25, -0.2) is 0 Å². The fraction of sp³-hybridized carbons (Fsp3) is 0.182. The van der Waals surface area contributed by atoms with Crippen molar-refractivity contribution in [3.63, 3.8) is 0 Å². The molecule has 1 aromatic rings. The van der Waals surface area contributed by atoms with Crippen LogP contribution in [0.25, 0.3) is 0 Å². The molecule has 1 aromatic carbocycles. The van der Waals surface area contributed by atoms with E-state index in [0.29, 0.717) is 11.3 Å².